The third-order valence-corrected chi connectivity index (χ3v) is 6.07. The van der Waals surface area contributed by atoms with Gasteiger partial charge in [-0.05, 0) is 55.4 Å². The minimum atomic E-state index is 0.416. The number of hydrogen-bond donors (Lipinski definition) is 2. The van der Waals surface area contributed by atoms with Crippen LogP contribution in [0.2, 0.25) is 0 Å². The standard InChI is InChI=1S/C22H32N4OS/c1-3-27-17-19-10-8-18(9-11-19)15-24-22(23-2)25-16-20(21-7-6-14-28-21)26-12-4-5-13-26/h6-11,14,20H,3-5,12-13,15-17H2,1-2H3,(H2,23,24,25). The number of likely N-dealkylation sites (tertiary alicyclic amines) is 1. The van der Waals surface area contributed by atoms with Crippen LogP contribution in [-0.4, -0.2) is 44.1 Å². The molecule has 5 nitrogen and oxygen atoms in total. The number of thiophene rings is 1. The number of nitrogens with zero attached hydrogens (tertiary/aromatic N) is 2. The van der Waals surface area contributed by atoms with Crippen LogP contribution < -0.4 is 10.6 Å². The van der Waals surface area contributed by atoms with E-state index in [2.05, 4.69) is 62.3 Å². The summed E-state index contributed by atoms with van der Waals surface area (Å²) in [6.45, 7) is 7.43. The van der Waals surface area contributed by atoms with E-state index in [1.807, 2.05) is 25.3 Å². The molecule has 0 amide bonds. The maximum absolute atomic E-state index is 5.45. The molecular formula is C22H32N4OS. The Hall–Kier alpha value is -1.89. The Morgan fingerprint density at radius 1 is 1.14 bits per heavy atom. The minimum absolute atomic E-state index is 0.416. The number of benzene rings is 1. The van der Waals surface area contributed by atoms with Crippen LogP contribution in [0.15, 0.2) is 46.8 Å². The number of aliphatic imine (C=N–C) groups is 1. The second kappa shape index (κ2) is 11.2. The highest BCUT2D eigenvalue weighted by atomic mass is 32.1. The molecule has 28 heavy (non-hydrogen) atoms. The first kappa shape index (κ1) is 20.8. The smallest absolute Gasteiger partial charge is 0.191 e. The molecule has 1 atom stereocenters. The van der Waals surface area contributed by atoms with Gasteiger partial charge in [0.1, 0.15) is 0 Å². The molecule has 6 heteroatoms. The monoisotopic (exact) mass is 400 g/mol. The molecule has 1 unspecified atom stereocenters. The first-order valence-corrected chi connectivity index (χ1v) is 11.1. The van der Waals surface area contributed by atoms with Crippen LogP contribution in [0, 0.1) is 0 Å². The average molecular weight is 401 g/mol. The van der Waals surface area contributed by atoms with Gasteiger partial charge in [-0.25, -0.2) is 0 Å². The number of rotatable bonds is 9. The summed E-state index contributed by atoms with van der Waals surface area (Å²) < 4.78 is 5.45. The van der Waals surface area contributed by atoms with Crippen molar-refractivity contribution in [2.45, 2.75) is 39.0 Å². The lowest BCUT2D eigenvalue weighted by molar-refractivity contribution is 0.134. The van der Waals surface area contributed by atoms with E-state index in [-0.39, 0.29) is 0 Å². The lowest BCUT2D eigenvalue weighted by atomic mass is 10.1. The fraction of sp³-hybridized carbons (Fsp3) is 0.500. The van der Waals surface area contributed by atoms with Crippen LogP contribution in [-0.2, 0) is 17.9 Å². The summed E-state index contributed by atoms with van der Waals surface area (Å²) in [5.74, 6) is 0.846. The summed E-state index contributed by atoms with van der Waals surface area (Å²) in [4.78, 5) is 8.41. The molecule has 1 saturated heterocycles. The quantitative estimate of drug-likeness (QED) is 0.497. The van der Waals surface area contributed by atoms with E-state index in [4.69, 9.17) is 4.74 Å². The predicted octanol–water partition coefficient (Wildman–Crippen LogP) is 3.79. The van der Waals surface area contributed by atoms with E-state index in [9.17, 15) is 0 Å². The molecule has 1 aromatic heterocycles. The number of nitrogens with one attached hydrogen (secondary N) is 2. The molecule has 2 N–H and O–H groups in total. The molecule has 3 rings (SSSR count). The molecule has 1 aromatic carbocycles. The normalized spacial score (nSPS) is 16.3. The highest BCUT2D eigenvalue weighted by Gasteiger charge is 2.24. The summed E-state index contributed by atoms with van der Waals surface area (Å²) in [6, 6.07) is 13.4. The summed E-state index contributed by atoms with van der Waals surface area (Å²) in [5, 5.41) is 9.13. The molecule has 1 aliphatic heterocycles. The topological polar surface area (TPSA) is 48.9 Å². The van der Waals surface area contributed by atoms with Crippen molar-refractivity contribution >= 4 is 17.3 Å². The zero-order valence-electron chi connectivity index (χ0n) is 17.0. The van der Waals surface area contributed by atoms with Crippen LogP contribution in [0.3, 0.4) is 0 Å². The molecule has 0 radical (unpaired) electrons. The summed E-state index contributed by atoms with van der Waals surface area (Å²) >= 11 is 1.84. The van der Waals surface area contributed by atoms with Crippen molar-refractivity contribution in [1.82, 2.24) is 15.5 Å². The van der Waals surface area contributed by atoms with Crippen molar-refractivity contribution in [2.24, 2.45) is 4.99 Å². The zero-order valence-corrected chi connectivity index (χ0v) is 17.8. The molecule has 2 aromatic rings. The van der Waals surface area contributed by atoms with Gasteiger partial charge in [0.05, 0.1) is 12.6 Å². The van der Waals surface area contributed by atoms with E-state index >= 15 is 0 Å². The molecule has 0 aliphatic carbocycles. The van der Waals surface area contributed by atoms with Crippen molar-refractivity contribution in [1.29, 1.82) is 0 Å². The lowest BCUT2D eigenvalue weighted by Gasteiger charge is -2.27. The van der Waals surface area contributed by atoms with Crippen LogP contribution >= 0.6 is 11.3 Å². The summed E-state index contributed by atoms with van der Waals surface area (Å²) in [6.07, 6.45) is 2.60. The fourth-order valence-corrected chi connectivity index (χ4v) is 4.38. The molecule has 1 aliphatic rings. The second-order valence-electron chi connectivity index (χ2n) is 7.03. The number of hydrogen-bond acceptors (Lipinski definition) is 4. The Morgan fingerprint density at radius 2 is 1.89 bits per heavy atom. The Morgan fingerprint density at radius 3 is 2.54 bits per heavy atom. The maximum Gasteiger partial charge on any atom is 0.191 e. The largest absolute Gasteiger partial charge is 0.377 e. The Balaban J connectivity index is 1.50. The van der Waals surface area contributed by atoms with Gasteiger partial charge in [0, 0.05) is 31.6 Å². The van der Waals surface area contributed by atoms with E-state index in [1.165, 1.54) is 41.9 Å². The molecule has 0 saturated carbocycles. The number of ether oxygens (including phenoxy) is 1. The molecule has 0 spiro atoms. The first-order valence-electron chi connectivity index (χ1n) is 10.2. The molecule has 0 bridgehead atoms. The highest BCUT2D eigenvalue weighted by molar-refractivity contribution is 7.10. The van der Waals surface area contributed by atoms with Crippen molar-refractivity contribution in [3.05, 3.63) is 57.8 Å². The third kappa shape index (κ3) is 6.06. The Kier molecular flexibility index (Phi) is 8.33. The Labute approximate surface area is 172 Å². The van der Waals surface area contributed by atoms with Gasteiger partial charge in [0.15, 0.2) is 5.96 Å². The van der Waals surface area contributed by atoms with Crippen molar-refractivity contribution in [2.75, 3.05) is 33.3 Å². The molecule has 152 valence electrons. The molecule has 2 heterocycles. The van der Waals surface area contributed by atoms with Gasteiger partial charge in [-0.15, -0.1) is 11.3 Å². The maximum atomic E-state index is 5.45. The average Bonchev–Trinajstić information content (AvgIpc) is 3.44. The molecular weight excluding hydrogens is 368 g/mol. The van der Waals surface area contributed by atoms with Gasteiger partial charge in [0.2, 0.25) is 0 Å². The SMILES string of the molecule is CCOCc1ccc(CNC(=NC)NCC(c2cccs2)N2CCCC2)cc1. The highest BCUT2D eigenvalue weighted by Crippen LogP contribution is 2.27. The van der Waals surface area contributed by atoms with Crippen LogP contribution in [0.25, 0.3) is 0 Å². The van der Waals surface area contributed by atoms with Gasteiger partial charge in [-0.1, -0.05) is 30.3 Å². The van der Waals surface area contributed by atoms with Crippen LogP contribution in [0.4, 0.5) is 0 Å². The Bertz CT molecular complexity index is 709. The van der Waals surface area contributed by atoms with Gasteiger partial charge in [0.25, 0.3) is 0 Å². The fourth-order valence-electron chi connectivity index (χ4n) is 3.52. The van der Waals surface area contributed by atoms with Crippen molar-refractivity contribution in [3.63, 3.8) is 0 Å². The third-order valence-electron chi connectivity index (χ3n) is 5.10. The van der Waals surface area contributed by atoms with Gasteiger partial charge in [-0.2, -0.15) is 0 Å². The first-order chi connectivity index (χ1) is 13.8. The van der Waals surface area contributed by atoms with E-state index in [0.717, 1.165) is 25.7 Å². The van der Waals surface area contributed by atoms with Crippen LogP contribution in [0.1, 0.15) is 41.8 Å². The van der Waals surface area contributed by atoms with Gasteiger partial charge < -0.3 is 15.4 Å². The van der Waals surface area contributed by atoms with Gasteiger partial charge in [-0.3, -0.25) is 9.89 Å². The minimum Gasteiger partial charge on any atom is -0.377 e. The second-order valence-corrected chi connectivity index (χ2v) is 8.01. The lowest BCUT2D eigenvalue weighted by Crippen LogP contribution is -2.42. The van der Waals surface area contributed by atoms with E-state index in [1.54, 1.807) is 0 Å². The molecule has 1 fully saturated rings. The van der Waals surface area contributed by atoms with E-state index in [0.29, 0.717) is 12.6 Å². The van der Waals surface area contributed by atoms with Crippen molar-refractivity contribution in [3.8, 4) is 0 Å². The summed E-state index contributed by atoms with van der Waals surface area (Å²) in [5.41, 5.74) is 2.44. The predicted molar refractivity (Wildman–Crippen MR) is 118 cm³/mol. The summed E-state index contributed by atoms with van der Waals surface area (Å²) in [7, 11) is 1.83. The van der Waals surface area contributed by atoms with Crippen molar-refractivity contribution < 1.29 is 4.74 Å². The zero-order chi connectivity index (χ0) is 19.6. The van der Waals surface area contributed by atoms with Gasteiger partial charge >= 0.3 is 0 Å². The van der Waals surface area contributed by atoms with Crippen LogP contribution in [0.5, 0.6) is 0 Å². The number of guanidine groups is 1. The van der Waals surface area contributed by atoms with E-state index < -0.39 is 0 Å².